The Morgan fingerprint density at radius 2 is 1.75 bits per heavy atom. The van der Waals surface area contributed by atoms with Crippen LogP contribution in [0.15, 0.2) is 0 Å². The van der Waals surface area contributed by atoms with Crippen LogP contribution in [0.25, 0.3) is 0 Å². The van der Waals surface area contributed by atoms with Crippen LogP contribution in [0.2, 0.25) is 0 Å². The summed E-state index contributed by atoms with van der Waals surface area (Å²) in [4.78, 5) is 0. The molecule has 2 rings (SSSR count). The molecule has 1 saturated carbocycles. The van der Waals surface area contributed by atoms with E-state index in [-0.39, 0.29) is 0 Å². The summed E-state index contributed by atoms with van der Waals surface area (Å²) < 4.78 is 0. The average Bonchev–Trinajstić information content (AvgIpc) is 2.10. The first-order valence-corrected chi connectivity index (χ1v) is 3.48. The molecular formula is C7H13N. The van der Waals surface area contributed by atoms with Gasteiger partial charge in [-0.05, 0) is 11.8 Å². The standard InChI is InChI=1S/C7H13N/c1-5-6(2)7(5)3-8-4-7/h5-6,8H,3-4H2,1-2H3. The highest BCUT2D eigenvalue weighted by Gasteiger charge is 2.62. The Morgan fingerprint density at radius 1 is 1.25 bits per heavy atom. The van der Waals surface area contributed by atoms with Gasteiger partial charge in [0.1, 0.15) is 0 Å². The normalized spacial score (nSPS) is 48.8. The number of hydrogen-bond acceptors (Lipinski definition) is 1. The largest absolute Gasteiger partial charge is 0.315 e. The second kappa shape index (κ2) is 1.10. The zero-order chi connectivity index (χ0) is 5.78. The molecule has 2 unspecified atom stereocenters. The lowest BCUT2D eigenvalue weighted by Gasteiger charge is -2.28. The molecule has 8 heavy (non-hydrogen) atoms. The highest BCUT2D eigenvalue weighted by molar-refractivity contribution is 5.13. The molecule has 0 aromatic carbocycles. The van der Waals surface area contributed by atoms with E-state index in [0.29, 0.717) is 0 Å². The summed E-state index contributed by atoms with van der Waals surface area (Å²) in [6.45, 7) is 7.31. The number of hydrogen-bond donors (Lipinski definition) is 1. The van der Waals surface area contributed by atoms with Gasteiger partial charge in [-0.3, -0.25) is 0 Å². The van der Waals surface area contributed by atoms with Gasteiger partial charge in [0.05, 0.1) is 0 Å². The van der Waals surface area contributed by atoms with Gasteiger partial charge in [-0.25, -0.2) is 0 Å². The molecule has 1 aliphatic heterocycles. The van der Waals surface area contributed by atoms with E-state index in [0.717, 1.165) is 17.3 Å². The first-order chi connectivity index (χ1) is 3.77. The SMILES string of the molecule is CC1C(C)C12CNC2. The molecule has 2 atom stereocenters. The van der Waals surface area contributed by atoms with Crippen LogP contribution in [0.4, 0.5) is 0 Å². The van der Waals surface area contributed by atoms with E-state index in [9.17, 15) is 0 Å². The molecule has 1 nitrogen and oxygen atoms in total. The van der Waals surface area contributed by atoms with Gasteiger partial charge in [0.2, 0.25) is 0 Å². The second-order valence-corrected chi connectivity index (χ2v) is 3.41. The molecule has 0 bridgehead atoms. The summed E-state index contributed by atoms with van der Waals surface area (Å²) in [7, 11) is 0. The van der Waals surface area contributed by atoms with Crippen molar-refractivity contribution in [1.29, 1.82) is 0 Å². The van der Waals surface area contributed by atoms with Crippen LogP contribution >= 0.6 is 0 Å². The Morgan fingerprint density at radius 3 is 1.75 bits per heavy atom. The van der Waals surface area contributed by atoms with Crippen LogP contribution < -0.4 is 5.32 Å². The zero-order valence-electron chi connectivity index (χ0n) is 5.57. The van der Waals surface area contributed by atoms with Crippen LogP contribution in [0.5, 0.6) is 0 Å². The summed E-state index contributed by atoms with van der Waals surface area (Å²) in [6, 6.07) is 0. The van der Waals surface area contributed by atoms with Crippen molar-refractivity contribution >= 4 is 0 Å². The van der Waals surface area contributed by atoms with Crippen LogP contribution in [0.1, 0.15) is 13.8 Å². The molecule has 1 spiro atoms. The minimum atomic E-state index is 0.778. The summed E-state index contributed by atoms with van der Waals surface area (Å²) in [5, 5.41) is 3.32. The van der Waals surface area contributed by atoms with Gasteiger partial charge in [0.15, 0.2) is 0 Å². The fourth-order valence-electron chi connectivity index (χ4n) is 2.01. The molecule has 1 heteroatoms. The average molecular weight is 111 g/mol. The molecule has 0 radical (unpaired) electrons. The van der Waals surface area contributed by atoms with E-state index >= 15 is 0 Å². The van der Waals surface area contributed by atoms with Crippen molar-refractivity contribution in [2.24, 2.45) is 17.3 Å². The van der Waals surface area contributed by atoms with Gasteiger partial charge in [-0.1, -0.05) is 13.8 Å². The monoisotopic (exact) mass is 111 g/mol. The van der Waals surface area contributed by atoms with Crippen molar-refractivity contribution in [3.63, 3.8) is 0 Å². The second-order valence-electron chi connectivity index (χ2n) is 3.41. The van der Waals surface area contributed by atoms with E-state index in [4.69, 9.17) is 0 Å². The smallest absolute Gasteiger partial charge is 0.00256 e. The molecular weight excluding hydrogens is 98.1 g/mol. The number of nitrogens with one attached hydrogen (secondary N) is 1. The van der Waals surface area contributed by atoms with Crippen LogP contribution in [-0.2, 0) is 0 Å². The summed E-state index contributed by atoms with van der Waals surface area (Å²) in [6.07, 6.45) is 0. The van der Waals surface area contributed by atoms with Crippen LogP contribution in [-0.4, -0.2) is 13.1 Å². The molecule has 1 N–H and O–H groups in total. The lowest BCUT2D eigenvalue weighted by molar-refractivity contribution is 0.282. The van der Waals surface area contributed by atoms with Crippen molar-refractivity contribution in [3.05, 3.63) is 0 Å². The van der Waals surface area contributed by atoms with Gasteiger partial charge in [-0.2, -0.15) is 0 Å². The van der Waals surface area contributed by atoms with Crippen molar-refractivity contribution in [3.8, 4) is 0 Å². The van der Waals surface area contributed by atoms with Gasteiger partial charge in [-0.15, -0.1) is 0 Å². The lowest BCUT2D eigenvalue weighted by Crippen LogP contribution is -2.46. The first kappa shape index (κ1) is 4.80. The quantitative estimate of drug-likeness (QED) is 0.489. The predicted octanol–water partition coefficient (Wildman–Crippen LogP) is 0.862. The highest BCUT2D eigenvalue weighted by Crippen LogP contribution is 2.60. The first-order valence-electron chi connectivity index (χ1n) is 3.48. The third kappa shape index (κ3) is 0.304. The van der Waals surface area contributed by atoms with Crippen LogP contribution in [0.3, 0.4) is 0 Å². The van der Waals surface area contributed by atoms with E-state index < -0.39 is 0 Å². The lowest BCUT2D eigenvalue weighted by atomic mass is 9.96. The zero-order valence-corrected chi connectivity index (χ0v) is 5.57. The predicted molar refractivity (Wildman–Crippen MR) is 33.6 cm³/mol. The Kier molecular flexibility index (Phi) is 0.663. The Bertz CT molecular complexity index is 106. The number of rotatable bonds is 0. The Balaban J connectivity index is 2.09. The third-order valence-corrected chi connectivity index (χ3v) is 3.36. The molecule has 1 aliphatic carbocycles. The maximum atomic E-state index is 3.32. The third-order valence-electron chi connectivity index (χ3n) is 3.36. The van der Waals surface area contributed by atoms with Crippen molar-refractivity contribution in [2.45, 2.75) is 13.8 Å². The van der Waals surface area contributed by atoms with E-state index in [2.05, 4.69) is 19.2 Å². The summed E-state index contributed by atoms with van der Waals surface area (Å²) >= 11 is 0. The molecule has 2 fully saturated rings. The molecule has 0 amide bonds. The van der Waals surface area contributed by atoms with Gasteiger partial charge in [0, 0.05) is 18.5 Å². The summed E-state index contributed by atoms with van der Waals surface area (Å²) in [5.74, 6) is 2.01. The molecule has 2 aliphatic rings. The maximum Gasteiger partial charge on any atom is 0.00256 e. The van der Waals surface area contributed by atoms with Crippen molar-refractivity contribution < 1.29 is 0 Å². The fraction of sp³-hybridized carbons (Fsp3) is 1.00. The molecule has 46 valence electrons. The molecule has 1 saturated heterocycles. The van der Waals surface area contributed by atoms with Gasteiger partial charge in [0.25, 0.3) is 0 Å². The maximum absolute atomic E-state index is 3.32. The fourth-order valence-corrected chi connectivity index (χ4v) is 2.01. The van der Waals surface area contributed by atoms with E-state index in [1.54, 1.807) is 0 Å². The van der Waals surface area contributed by atoms with Gasteiger partial charge < -0.3 is 5.32 Å². The molecule has 0 aromatic rings. The Labute approximate surface area is 50.5 Å². The minimum absolute atomic E-state index is 0.778. The van der Waals surface area contributed by atoms with Crippen LogP contribution in [0, 0.1) is 17.3 Å². The minimum Gasteiger partial charge on any atom is -0.315 e. The molecule has 0 aromatic heterocycles. The van der Waals surface area contributed by atoms with E-state index in [1.165, 1.54) is 13.1 Å². The van der Waals surface area contributed by atoms with E-state index in [1.807, 2.05) is 0 Å². The summed E-state index contributed by atoms with van der Waals surface area (Å²) in [5.41, 5.74) is 0.778. The topological polar surface area (TPSA) is 12.0 Å². The highest BCUT2D eigenvalue weighted by atomic mass is 15.0. The van der Waals surface area contributed by atoms with Crippen molar-refractivity contribution in [1.82, 2.24) is 5.32 Å². The Hall–Kier alpha value is -0.0400. The van der Waals surface area contributed by atoms with Gasteiger partial charge >= 0.3 is 0 Å². The van der Waals surface area contributed by atoms with Crippen molar-refractivity contribution in [2.75, 3.05) is 13.1 Å². The molecule has 1 heterocycles.